The predicted octanol–water partition coefficient (Wildman–Crippen LogP) is -0.0475. The molecule has 0 amide bonds. The van der Waals surface area contributed by atoms with Gasteiger partial charge in [0, 0.05) is 19.2 Å². The number of aldehydes is 1. The van der Waals surface area contributed by atoms with Crippen LogP contribution >= 0.6 is 11.3 Å². The summed E-state index contributed by atoms with van der Waals surface area (Å²) in [6.45, 7) is 2.00. The van der Waals surface area contributed by atoms with Crippen molar-refractivity contribution in [2.24, 2.45) is 0 Å². The van der Waals surface area contributed by atoms with Crippen LogP contribution in [0.4, 0.5) is 0 Å². The van der Waals surface area contributed by atoms with Gasteiger partial charge in [-0.2, -0.15) is 0 Å². The van der Waals surface area contributed by atoms with Gasteiger partial charge in [0.05, 0.1) is 5.56 Å². The Morgan fingerprint density at radius 2 is 2.22 bits per heavy atom. The minimum atomic E-state index is -0.535. The van der Waals surface area contributed by atoms with E-state index in [-0.39, 0.29) is 18.5 Å². The third-order valence-electron chi connectivity index (χ3n) is 2.26. The van der Waals surface area contributed by atoms with E-state index in [9.17, 15) is 14.4 Å². The van der Waals surface area contributed by atoms with Crippen LogP contribution in [0, 0.1) is 6.92 Å². The summed E-state index contributed by atoms with van der Waals surface area (Å²) in [7, 11) is 0. The molecule has 0 saturated carbocycles. The van der Waals surface area contributed by atoms with Crippen molar-refractivity contribution in [2.45, 2.75) is 19.9 Å². The number of aromatic amines is 1. The van der Waals surface area contributed by atoms with Gasteiger partial charge in [0.15, 0.2) is 5.01 Å². The Hall–Kier alpha value is -2.09. The molecule has 0 aliphatic rings. The standard InChI is InChI=1S/C10H10N4O3S/c1-6-12-13-9(18-6)7-5-14(3-2-4-15)10(17)11-8(7)16/h4-5H,2-3H2,1H3,(H,11,16,17). The van der Waals surface area contributed by atoms with E-state index < -0.39 is 11.2 Å². The first-order chi connectivity index (χ1) is 8.61. The number of rotatable bonds is 4. The van der Waals surface area contributed by atoms with Crippen LogP contribution in [0.5, 0.6) is 0 Å². The highest BCUT2D eigenvalue weighted by Gasteiger charge is 2.11. The Kier molecular flexibility index (Phi) is 3.47. The number of H-pyrrole nitrogens is 1. The molecule has 0 unspecified atom stereocenters. The molecule has 0 aromatic carbocycles. The molecule has 18 heavy (non-hydrogen) atoms. The molecule has 1 N–H and O–H groups in total. The highest BCUT2D eigenvalue weighted by Crippen LogP contribution is 2.18. The summed E-state index contributed by atoms with van der Waals surface area (Å²) in [6.07, 6.45) is 2.33. The maximum atomic E-state index is 11.7. The Balaban J connectivity index is 2.51. The summed E-state index contributed by atoms with van der Waals surface area (Å²) in [5.41, 5.74) is -0.753. The lowest BCUT2D eigenvalue weighted by Crippen LogP contribution is -2.30. The van der Waals surface area contributed by atoms with Crippen molar-refractivity contribution in [3.8, 4) is 10.6 Å². The molecule has 2 heterocycles. The minimum absolute atomic E-state index is 0.209. The summed E-state index contributed by atoms with van der Waals surface area (Å²) in [4.78, 5) is 35.7. The zero-order chi connectivity index (χ0) is 13.1. The van der Waals surface area contributed by atoms with E-state index in [1.165, 1.54) is 22.1 Å². The summed E-state index contributed by atoms with van der Waals surface area (Å²) >= 11 is 1.27. The number of nitrogens with zero attached hydrogens (tertiary/aromatic N) is 3. The second-order valence-corrected chi connectivity index (χ2v) is 4.76. The average molecular weight is 266 g/mol. The van der Waals surface area contributed by atoms with Crippen molar-refractivity contribution in [1.82, 2.24) is 19.7 Å². The fourth-order valence-corrected chi connectivity index (χ4v) is 2.12. The zero-order valence-corrected chi connectivity index (χ0v) is 10.4. The summed E-state index contributed by atoms with van der Waals surface area (Å²) in [5.74, 6) is 0. The number of carbonyl (C=O) groups is 1. The van der Waals surface area contributed by atoms with Crippen molar-refractivity contribution in [3.05, 3.63) is 32.0 Å². The van der Waals surface area contributed by atoms with Gasteiger partial charge in [0.1, 0.15) is 11.3 Å². The number of nitrogens with one attached hydrogen (secondary N) is 1. The second kappa shape index (κ2) is 5.05. The molecule has 94 valence electrons. The maximum absolute atomic E-state index is 11.7. The van der Waals surface area contributed by atoms with E-state index in [0.717, 1.165) is 5.01 Å². The van der Waals surface area contributed by atoms with E-state index in [1.54, 1.807) is 6.92 Å². The molecule has 0 fully saturated rings. The Bertz CT molecular complexity index is 685. The second-order valence-electron chi connectivity index (χ2n) is 3.58. The molecule has 8 heteroatoms. The smallest absolute Gasteiger partial charge is 0.303 e. The van der Waals surface area contributed by atoms with E-state index in [0.29, 0.717) is 11.3 Å². The Labute approximate surface area is 105 Å². The fourth-order valence-electron chi connectivity index (χ4n) is 1.42. The lowest BCUT2D eigenvalue weighted by Gasteiger charge is -2.03. The summed E-state index contributed by atoms with van der Waals surface area (Å²) in [6, 6.07) is 0. The third-order valence-corrected chi connectivity index (χ3v) is 3.13. The number of carbonyl (C=O) groups excluding carboxylic acids is 1. The Morgan fingerprint density at radius 1 is 1.44 bits per heavy atom. The molecule has 0 atom stereocenters. The van der Waals surface area contributed by atoms with Crippen LogP contribution in [0.3, 0.4) is 0 Å². The van der Waals surface area contributed by atoms with Crippen LogP contribution < -0.4 is 11.2 Å². The molecular formula is C10H10N4O3S. The fraction of sp³-hybridized carbons (Fsp3) is 0.300. The largest absolute Gasteiger partial charge is 0.328 e. The summed E-state index contributed by atoms with van der Waals surface area (Å²) < 4.78 is 1.28. The lowest BCUT2D eigenvalue weighted by molar-refractivity contribution is -0.108. The molecule has 0 saturated heterocycles. The van der Waals surface area contributed by atoms with Gasteiger partial charge in [0.2, 0.25) is 0 Å². The van der Waals surface area contributed by atoms with E-state index in [4.69, 9.17) is 0 Å². The topological polar surface area (TPSA) is 97.7 Å². The van der Waals surface area contributed by atoms with Crippen molar-refractivity contribution < 1.29 is 4.79 Å². The number of aromatic nitrogens is 4. The molecule has 0 radical (unpaired) electrons. The van der Waals surface area contributed by atoms with E-state index in [2.05, 4.69) is 15.2 Å². The molecule has 2 aromatic rings. The van der Waals surface area contributed by atoms with Crippen LogP contribution in [0.2, 0.25) is 0 Å². The molecule has 0 aliphatic heterocycles. The highest BCUT2D eigenvalue weighted by molar-refractivity contribution is 7.14. The molecule has 0 aliphatic carbocycles. The molecule has 0 spiro atoms. The zero-order valence-electron chi connectivity index (χ0n) is 9.54. The van der Waals surface area contributed by atoms with Crippen LogP contribution in [0.1, 0.15) is 11.4 Å². The third kappa shape index (κ3) is 2.43. The number of aryl methyl sites for hydroxylation is 2. The van der Waals surface area contributed by atoms with Crippen molar-refractivity contribution in [2.75, 3.05) is 0 Å². The van der Waals surface area contributed by atoms with Gasteiger partial charge in [-0.1, -0.05) is 11.3 Å². The number of hydrogen-bond acceptors (Lipinski definition) is 6. The SMILES string of the molecule is Cc1nnc(-c2cn(CCC=O)c(=O)[nH]c2=O)s1. The minimum Gasteiger partial charge on any atom is -0.303 e. The predicted molar refractivity (Wildman–Crippen MR) is 65.6 cm³/mol. The van der Waals surface area contributed by atoms with Gasteiger partial charge < -0.3 is 4.79 Å². The van der Waals surface area contributed by atoms with Gasteiger partial charge in [-0.15, -0.1) is 10.2 Å². The van der Waals surface area contributed by atoms with Gasteiger partial charge in [-0.25, -0.2) is 4.79 Å². The van der Waals surface area contributed by atoms with Crippen LogP contribution in [0.25, 0.3) is 10.6 Å². The van der Waals surface area contributed by atoms with Gasteiger partial charge >= 0.3 is 5.69 Å². The normalized spacial score (nSPS) is 10.5. The Morgan fingerprint density at radius 3 is 2.83 bits per heavy atom. The quantitative estimate of drug-likeness (QED) is 0.782. The van der Waals surface area contributed by atoms with Gasteiger partial charge in [0.25, 0.3) is 5.56 Å². The number of hydrogen-bond donors (Lipinski definition) is 1. The van der Waals surface area contributed by atoms with E-state index in [1.807, 2.05) is 0 Å². The highest BCUT2D eigenvalue weighted by atomic mass is 32.1. The lowest BCUT2D eigenvalue weighted by atomic mass is 10.3. The van der Waals surface area contributed by atoms with Crippen LogP contribution in [-0.2, 0) is 11.3 Å². The van der Waals surface area contributed by atoms with Crippen LogP contribution in [-0.4, -0.2) is 26.0 Å². The molecule has 2 aromatic heterocycles. The maximum Gasteiger partial charge on any atom is 0.328 e. The first-order valence-electron chi connectivity index (χ1n) is 5.19. The van der Waals surface area contributed by atoms with Crippen LogP contribution in [0.15, 0.2) is 15.8 Å². The molecular weight excluding hydrogens is 256 g/mol. The van der Waals surface area contributed by atoms with Crippen molar-refractivity contribution in [3.63, 3.8) is 0 Å². The molecule has 0 bridgehead atoms. The van der Waals surface area contributed by atoms with Crippen molar-refractivity contribution in [1.29, 1.82) is 0 Å². The van der Waals surface area contributed by atoms with E-state index >= 15 is 0 Å². The molecule has 7 nitrogen and oxygen atoms in total. The molecule has 2 rings (SSSR count). The van der Waals surface area contributed by atoms with Crippen molar-refractivity contribution >= 4 is 17.6 Å². The monoisotopic (exact) mass is 266 g/mol. The average Bonchev–Trinajstić information content (AvgIpc) is 2.74. The first kappa shape index (κ1) is 12.4. The van der Waals surface area contributed by atoms with Gasteiger partial charge in [-0.05, 0) is 6.92 Å². The summed E-state index contributed by atoms with van der Waals surface area (Å²) in [5, 5.41) is 8.87. The van der Waals surface area contributed by atoms with Gasteiger partial charge in [-0.3, -0.25) is 14.3 Å². The first-order valence-corrected chi connectivity index (χ1v) is 6.01.